The van der Waals surface area contributed by atoms with Crippen LogP contribution in [0.1, 0.15) is 11.7 Å². The number of aryl methyl sites for hydroxylation is 1. The van der Waals surface area contributed by atoms with E-state index in [0.717, 1.165) is 15.5 Å². The Balaban J connectivity index is 1.92. The number of hydrogen-bond acceptors (Lipinski definition) is 3. The molecule has 5 heteroatoms. The van der Waals surface area contributed by atoms with Gasteiger partial charge in [-0.3, -0.25) is 4.68 Å². The monoisotopic (exact) mass is 268 g/mol. The second-order valence-corrected chi connectivity index (χ2v) is 5.26. The van der Waals surface area contributed by atoms with E-state index in [-0.39, 0.29) is 0 Å². The summed E-state index contributed by atoms with van der Waals surface area (Å²) in [5.41, 5.74) is 0.842. The number of nitrogens with zero attached hydrogens (tertiary/aromatic N) is 2. The number of benzene rings is 1. The van der Waals surface area contributed by atoms with E-state index in [2.05, 4.69) is 5.10 Å². The van der Waals surface area contributed by atoms with Gasteiger partial charge >= 0.3 is 0 Å². The molecule has 0 spiro atoms. The minimum atomic E-state index is -0.496. The Kier molecular flexibility index (Phi) is 4.10. The lowest BCUT2D eigenvalue weighted by molar-refractivity contribution is 0.204. The maximum atomic E-state index is 9.95. The van der Waals surface area contributed by atoms with Crippen molar-refractivity contribution < 1.29 is 5.11 Å². The van der Waals surface area contributed by atoms with Crippen LogP contribution in [-0.2, 0) is 7.05 Å². The van der Waals surface area contributed by atoms with Crippen LogP contribution in [0.15, 0.2) is 41.6 Å². The van der Waals surface area contributed by atoms with Gasteiger partial charge in [-0.25, -0.2) is 0 Å². The first-order chi connectivity index (χ1) is 8.15. The minimum Gasteiger partial charge on any atom is -0.387 e. The molecule has 0 aliphatic rings. The molecule has 1 unspecified atom stereocenters. The molecule has 1 atom stereocenters. The van der Waals surface area contributed by atoms with Gasteiger partial charge in [-0.15, -0.1) is 11.8 Å². The van der Waals surface area contributed by atoms with Gasteiger partial charge in [-0.05, 0) is 24.3 Å². The van der Waals surface area contributed by atoms with Crippen LogP contribution in [0.5, 0.6) is 0 Å². The van der Waals surface area contributed by atoms with Gasteiger partial charge in [0.25, 0.3) is 0 Å². The van der Waals surface area contributed by atoms with Crippen LogP contribution in [0, 0.1) is 0 Å². The molecule has 90 valence electrons. The summed E-state index contributed by atoms with van der Waals surface area (Å²) >= 11 is 7.40. The Morgan fingerprint density at radius 1 is 1.41 bits per heavy atom. The molecular weight excluding hydrogens is 256 g/mol. The third kappa shape index (κ3) is 3.49. The highest BCUT2D eigenvalue weighted by atomic mass is 35.5. The second-order valence-electron chi connectivity index (χ2n) is 3.73. The van der Waals surface area contributed by atoms with E-state index < -0.39 is 6.10 Å². The van der Waals surface area contributed by atoms with E-state index in [4.69, 9.17) is 11.6 Å². The lowest BCUT2D eigenvalue weighted by Gasteiger charge is -2.07. The summed E-state index contributed by atoms with van der Waals surface area (Å²) in [6, 6.07) is 7.59. The fourth-order valence-electron chi connectivity index (χ4n) is 1.41. The van der Waals surface area contributed by atoms with Crippen molar-refractivity contribution in [2.45, 2.75) is 11.0 Å². The van der Waals surface area contributed by atoms with Gasteiger partial charge in [-0.1, -0.05) is 11.6 Å². The number of thioether (sulfide) groups is 1. The summed E-state index contributed by atoms with van der Waals surface area (Å²) in [6.07, 6.45) is 3.02. The fourth-order valence-corrected chi connectivity index (χ4v) is 2.41. The molecule has 1 aromatic carbocycles. The Hall–Kier alpha value is -0.970. The van der Waals surface area contributed by atoms with Gasteiger partial charge < -0.3 is 5.11 Å². The van der Waals surface area contributed by atoms with Crippen LogP contribution in [0.2, 0.25) is 5.02 Å². The van der Waals surface area contributed by atoms with Crippen LogP contribution < -0.4 is 0 Å². The average molecular weight is 269 g/mol. The van der Waals surface area contributed by atoms with E-state index in [0.29, 0.717) is 5.75 Å². The first kappa shape index (κ1) is 12.5. The smallest absolute Gasteiger partial charge is 0.0914 e. The fraction of sp³-hybridized carbons (Fsp3) is 0.250. The molecule has 17 heavy (non-hydrogen) atoms. The highest BCUT2D eigenvalue weighted by molar-refractivity contribution is 7.99. The SMILES string of the molecule is Cn1cc(C(O)CSc2ccc(Cl)cc2)cn1. The molecule has 1 aromatic heterocycles. The summed E-state index contributed by atoms with van der Waals surface area (Å²) in [4.78, 5) is 1.09. The van der Waals surface area contributed by atoms with E-state index in [9.17, 15) is 5.11 Å². The standard InChI is InChI=1S/C12H13ClN2OS/c1-15-7-9(6-14-15)12(16)8-17-11-4-2-10(13)3-5-11/h2-7,12,16H,8H2,1H3. The lowest BCUT2D eigenvalue weighted by atomic mass is 10.2. The number of aromatic nitrogens is 2. The van der Waals surface area contributed by atoms with Crippen molar-refractivity contribution >= 4 is 23.4 Å². The summed E-state index contributed by atoms with van der Waals surface area (Å²) in [5.74, 6) is 0.604. The summed E-state index contributed by atoms with van der Waals surface area (Å²) in [5, 5.41) is 14.7. The van der Waals surface area contributed by atoms with Gasteiger partial charge in [0.2, 0.25) is 0 Å². The molecule has 0 saturated carbocycles. The quantitative estimate of drug-likeness (QED) is 0.867. The predicted octanol–water partition coefficient (Wildman–Crippen LogP) is 2.90. The molecule has 0 saturated heterocycles. The molecular formula is C12H13ClN2OS. The van der Waals surface area contributed by atoms with Crippen molar-refractivity contribution in [2.24, 2.45) is 7.05 Å². The lowest BCUT2D eigenvalue weighted by Crippen LogP contribution is -1.99. The van der Waals surface area contributed by atoms with Crippen molar-refractivity contribution in [3.63, 3.8) is 0 Å². The van der Waals surface area contributed by atoms with Gasteiger partial charge in [-0.2, -0.15) is 5.10 Å². The molecule has 0 bridgehead atoms. The van der Waals surface area contributed by atoms with Crippen molar-refractivity contribution in [3.8, 4) is 0 Å². The normalized spacial score (nSPS) is 12.6. The largest absolute Gasteiger partial charge is 0.387 e. The third-order valence-electron chi connectivity index (χ3n) is 2.33. The van der Waals surface area contributed by atoms with E-state index in [1.165, 1.54) is 0 Å². The Morgan fingerprint density at radius 3 is 2.71 bits per heavy atom. The molecule has 2 rings (SSSR count). The van der Waals surface area contributed by atoms with Gasteiger partial charge in [0.15, 0.2) is 0 Å². The summed E-state index contributed by atoms with van der Waals surface area (Å²) in [7, 11) is 1.84. The van der Waals surface area contributed by atoms with Crippen LogP contribution in [0.25, 0.3) is 0 Å². The van der Waals surface area contributed by atoms with E-state index in [1.807, 2.05) is 37.5 Å². The minimum absolute atomic E-state index is 0.496. The number of aliphatic hydroxyl groups excluding tert-OH is 1. The van der Waals surface area contributed by atoms with E-state index in [1.54, 1.807) is 22.6 Å². The van der Waals surface area contributed by atoms with Gasteiger partial charge in [0.05, 0.1) is 12.3 Å². The van der Waals surface area contributed by atoms with Crippen molar-refractivity contribution in [1.82, 2.24) is 9.78 Å². The summed E-state index contributed by atoms with van der Waals surface area (Å²) < 4.78 is 1.69. The number of halogens is 1. The van der Waals surface area contributed by atoms with Crippen LogP contribution in [0.4, 0.5) is 0 Å². The molecule has 0 amide bonds. The molecule has 0 fully saturated rings. The molecule has 1 heterocycles. The second kappa shape index (κ2) is 5.58. The highest BCUT2D eigenvalue weighted by Crippen LogP contribution is 2.25. The predicted molar refractivity (Wildman–Crippen MR) is 70.3 cm³/mol. The first-order valence-electron chi connectivity index (χ1n) is 5.20. The summed E-state index contributed by atoms with van der Waals surface area (Å²) in [6.45, 7) is 0. The van der Waals surface area contributed by atoms with Gasteiger partial charge in [0.1, 0.15) is 0 Å². The zero-order chi connectivity index (χ0) is 12.3. The Morgan fingerprint density at radius 2 is 2.12 bits per heavy atom. The first-order valence-corrected chi connectivity index (χ1v) is 6.56. The highest BCUT2D eigenvalue weighted by Gasteiger charge is 2.09. The van der Waals surface area contributed by atoms with Crippen LogP contribution >= 0.6 is 23.4 Å². The molecule has 1 N–H and O–H groups in total. The van der Waals surface area contributed by atoms with Crippen LogP contribution in [0.3, 0.4) is 0 Å². The average Bonchev–Trinajstić information content (AvgIpc) is 2.75. The zero-order valence-electron chi connectivity index (χ0n) is 9.38. The van der Waals surface area contributed by atoms with E-state index >= 15 is 0 Å². The van der Waals surface area contributed by atoms with Gasteiger partial charge in [0, 0.05) is 34.5 Å². The molecule has 0 aliphatic carbocycles. The maximum absolute atomic E-state index is 9.95. The Labute approximate surface area is 109 Å². The Bertz CT molecular complexity index is 484. The number of hydrogen-bond donors (Lipinski definition) is 1. The van der Waals surface area contributed by atoms with Crippen molar-refractivity contribution in [3.05, 3.63) is 47.2 Å². The molecule has 0 radical (unpaired) electrons. The molecule has 3 nitrogen and oxygen atoms in total. The molecule has 0 aliphatic heterocycles. The number of aliphatic hydroxyl groups is 1. The molecule has 2 aromatic rings. The van der Waals surface area contributed by atoms with Crippen LogP contribution in [-0.4, -0.2) is 20.6 Å². The zero-order valence-corrected chi connectivity index (χ0v) is 10.9. The maximum Gasteiger partial charge on any atom is 0.0914 e. The van der Waals surface area contributed by atoms with Crippen molar-refractivity contribution in [1.29, 1.82) is 0 Å². The topological polar surface area (TPSA) is 38.0 Å². The third-order valence-corrected chi connectivity index (χ3v) is 3.67. The number of rotatable bonds is 4. The van der Waals surface area contributed by atoms with Crippen molar-refractivity contribution in [2.75, 3.05) is 5.75 Å².